The van der Waals surface area contributed by atoms with Crippen LogP contribution in [0.3, 0.4) is 0 Å². The maximum absolute atomic E-state index is 12.2. The van der Waals surface area contributed by atoms with Crippen molar-refractivity contribution in [1.29, 1.82) is 0 Å². The number of hydrogen-bond acceptors (Lipinski definition) is 5. The summed E-state index contributed by atoms with van der Waals surface area (Å²) in [6.45, 7) is 1.90. The van der Waals surface area contributed by atoms with Crippen molar-refractivity contribution >= 4 is 23.6 Å². The van der Waals surface area contributed by atoms with Crippen LogP contribution in [0, 0.1) is 0 Å². The van der Waals surface area contributed by atoms with Gasteiger partial charge in [0.15, 0.2) is 0 Å². The predicted molar refractivity (Wildman–Crippen MR) is 93.8 cm³/mol. The van der Waals surface area contributed by atoms with E-state index in [1.807, 2.05) is 12.1 Å². The molecule has 0 unspecified atom stereocenters. The molecule has 0 aromatic heterocycles. The maximum Gasteiger partial charge on any atom is 0.343 e. The van der Waals surface area contributed by atoms with Gasteiger partial charge in [0.1, 0.15) is 22.8 Å². The molecule has 0 saturated heterocycles. The van der Waals surface area contributed by atoms with Crippen LogP contribution >= 0.6 is 0 Å². The fraction of sp³-hybridized carbons (Fsp3) is 0.158. The average molecular weight is 325 g/mol. The predicted octanol–water partition coefficient (Wildman–Crippen LogP) is 3.93. The highest BCUT2D eigenvalue weighted by atomic mass is 16.5. The van der Waals surface area contributed by atoms with E-state index >= 15 is 0 Å². The van der Waals surface area contributed by atoms with Gasteiger partial charge in [-0.15, -0.1) is 0 Å². The first kappa shape index (κ1) is 17.3. The number of hydrogen-bond donors (Lipinski definition) is 1. The smallest absolute Gasteiger partial charge is 0.343 e. The van der Waals surface area contributed by atoms with Crippen LogP contribution in [0.25, 0.3) is 5.76 Å². The van der Waals surface area contributed by atoms with E-state index in [1.165, 1.54) is 13.3 Å². The Hall–Kier alpha value is -3.08. The molecule has 5 nitrogen and oxygen atoms in total. The topological polar surface area (TPSA) is 68.1 Å². The van der Waals surface area contributed by atoms with Crippen LogP contribution in [-0.2, 0) is 9.53 Å². The molecule has 2 aromatic carbocycles. The van der Waals surface area contributed by atoms with Crippen LogP contribution in [0.2, 0.25) is 0 Å². The number of rotatable bonds is 6. The molecule has 2 rings (SSSR count). The average Bonchev–Trinajstić information content (AvgIpc) is 2.63. The summed E-state index contributed by atoms with van der Waals surface area (Å²) in [6, 6.07) is 15.9. The molecule has 0 saturated carbocycles. The number of methoxy groups -OCH3 is 1. The lowest BCUT2D eigenvalue weighted by molar-refractivity contribution is -0.137. The Balaban J connectivity index is 2.44. The molecule has 124 valence electrons. The van der Waals surface area contributed by atoms with Gasteiger partial charge in [0, 0.05) is 11.8 Å². The third-order valence-electron chi connectivity index (χ3n) is 3.22. The number of esters is 1. The number of aliphatic hydroxyl groups is 1. The van der Waals surface area contributed by atoms with E-state index < -0.39 is 5.97 Å². The highest BCUT2D eigenvalue weighted by Crippen LogP contribution is 2.26. The van der Waals surface area contributed by atoms with Gasteiger partial charge in [-0.25, -0.2) is 4.79 Å². The third-order valence-corrected chi connectivity index (χ3v) is 3.22. The van der Waals surface area contributed by atoms with Crippen LogP contribution in [0.4, 0.5) is 5.69 Å². The fourth-order valence-corrected chi connectivity index (χ4v) is 2.04. The van der Waals surface area contributed by atoms with Gasteiger partial charge in [0.2, 0.25) is 0 Å². The molecule has 0 aliphatic heterocycles. The van der Waals surface area contributed by atoms with Gasteiger partial charge in [0.25, 0.3) is 0 Å². The number of ether oxygens (including phenoxy) is 2. The molecular formula is C19H19NO4. The molecule has 0 bridgehead atoms. The standard InChI is InChI=1S/C19H19NO4/c1-3-24-19(22)15(18(21)14-9-5-4-6-10-14)13-20-16-11-7-8-12-17(16)23-2/h4-13,21H,3H2,1-2H3/b18-15+,20-13?. The molecule has 5 heteroatoms. The van der Waals surface area contributed by atoms with Crippen molar-refractivity contribution in [2.45, 2.75) is 6.92 Å². The first-order chi connectivity index (χ1) is 11.7. The normalized spacial score (nSPS) is 11.9. The Kier molecular flexibility index (Phi) is 6.14. The highest BCUT2D eigenvalue weighted by molar-refractivity contribution is 6.15. The van der Waals surface area contributed by atoms with Gasteiger partial charge in [0.05, 0.1) is 13.7 Å². The SMILES string of the molecule is CCOC(=O)/C(C=Nc1ccccc1OC)=C(/O)c1ccccc1. The zero-order chi connectivity index (χ0) is 17.4. The van der Waals surface area contributed by atoms with Crippen molar-refractivity contribution in [1.82, 2.24) is 0 Å². The molecule has 1 N–H and O–H groups in total. The minimum atomic E-state index is -0.641. The first-order valence-corrected chi connectivity index (χ1v) is 7.50. The third kappa shape index (κ3) is 4.23. The van der Waals surface area contributed by atoms with Crippen molar-refractivity contribution in [3.8, 4) is 5.75 Å². The van der Waals surface area contributed by atoms with E-state index in [0.29, 0.717) is 17.0 Å². The van der Waals surface area contributed by atoms with E-state index in [1.54, 1.807) is 49.4 Å². The van der Waals surface area contributed by atoms with Gasteiger partial charge < -0.3 is 14.6 Å². The number of benzene rings is 2. The highest BCUT2D eigenvalue weighted by Gasteiger charge is 2.16. The van der Waals surface area contributed by atoms with Crippen LogP contribution in [-0.4, -0.2) is 31.0 Å². The first-order valence-electron chi connectivity index (χ1n) is 7.50. The summed E-state index contributed by atoms with van der Waals surface area (Å²) >= 11 is 0. The Morgan fingerprint density at radius 1 is 1.12 bits per heavy atom. The van der Waals surface area contributed by atoms with Crippen molar-refractivity contribution in [2.24, 2.45) is 4.99 Å². The van der Waals surface area contributed by atoms with Gasteiger partial charge >= 0.3 is 5.97 Å². The van der Waals surface area contributed by atoms with Crippen molar-refractivity contribution in [2.75, 3.05) is 13.7 Å². The van der Waals surface area contributed by atoms with Crippen LogP contribution in [0.15, 0.2) is 65.2 Å². The molecule has 2 aromatic rings. The van der Waals surface area contributed by atoms with E-state index in [0.717, 1.165) is 0 Å². The van der Waals surface area contributed by atoms with Gasteiger partial charge in [-0.3, -0.25) is 4.99 Å². The summed E-state index contributed by atoms with van der Waals surface area (Å²) in [4.78, 5) is 16.4. The lowest BCUT2D eigenvalue weighted by atomic mass is 10.1. The number of carbonyl (C=O) groups is 1. The van der Waals surface area contributed by atoms with Crippen LogP contribution in [0.5, 0.6) is 5.75 Å². The monoisotopic (exact) mass is 325 g/mol. The molecule has 0 atom stereocenters. The molecule has 0 aliphatic carbocycles. The van der Waals surface area contributed by atoms with Crippen molar-refractivity contribution in [3.63, 3.8) is 0 Å². The van der Waals surface area contributed by atoms with E-state index in [-0.39, 0.29) is 17.9 Å². The van der Waals surface area contributed by atoms with Crippen LogP contribution in [0.1, 0.15) is 12.5 Å². The minimum Gasteiger partial charge on any atom is -0.506 e. The fourth-order valence-electron chi connectivity index (χ4n) is 2.04. The second kappa shape index (κ2) is 8.53. The summed E-state index contributed by atoms with van der Waals surface area (Å²) in [5.41, 5.74) is 1.03. The number of aliphatic hydroxyl groups excluding tert-OH is 1. The Morgan fingerprint density at radius 2 is 1.79 bits per heavy atom. The molecule has 24 heavy (non-hydrogen) atoms. The zero-order valence-corrected chi connectivity index (χ0v) is 13.6. The Bertz CT molecular complexity index is 751. The zero-order valence-electron chi connectivity index (χ0n) is 13.6. The molecular weight excluding hydrogens is 306 g/mol. The summed E-state index contributed by atoms with van der Waals surface area (Å²) in [5, 5.41) is 10.4. The lowest BCUT2D eigenvalue weighted by Gasteiger charge is -2.07. The van der Waals surface area contributed by atoms with Gasteiger partial charge in [-0.05, 0) is 19.1 Å². The second-order valence-corrected chi connectivity index (χ2v) is 4.78. The molecule has 0 fully saturated rings. The van der Waals surface area contributed by atoms with Gasteiger partial charge in [-0.1, -0.05) is 42.5 Å². The number of aliphatic imine (C=N–C) groups is 1. The summed E-state index contributed by atoms with van der Waals surface area (Å²) in [6.07, 6.45) is 1.29. The van der Waals surface area contributed by atoms with E-state index in [9.17, 15) is 9.90 Å². The quantitative estimate of drug-likeness (QED) is 0.378. The number of nitrogens with zero attached hydrogens (tertiary/aromatic N) is 1. The molecule has 0 aliphatic rings. The summed E-state index contributed by atoms with van der Waals surface area (Å²) in [7, 11) is 1.54. The molecule has 0 spiro atoms. The number of para-hydroxylation sites is 2. The number of carbonyl (C=O) groups excluding carboxylic acids is 1. The largest absolute Gasteiger partial charge is 0.506 e. The maximum atomic E-state index is 12.2. The van der Waals surface area contributed by atoms with Crippen LogP contribution < -0.4 is 4.74 Å². The Labute approximate surface area is 140 Å². The molecule has 0 radical (unpaired) electrons. The molecule has 0 amide bonds. The van der Waals surface area contributed by atoms with E-state index in [4.69, 9.17) is 9.47 Å². The molecule has 0 heterocycles. The van der Waals surface area contributed by atoms with Crippen molar-refractivity contribution in [3.05, 3.63) is 65.7 Å². The Morgan fingerprint density at radius 3 is 2.46 bits per heavy atom. The minimum absolute atomic E-state index is 0.0195. The summed E-state index contributed by atoms with van der Waals surface area (Å²) < 4.78 is 10.2. The lowest BCUT2D eigenvalue weighted by Crippen LogP contribution is -2.11. The second-order valence-electron chi connectivity index (χ2n) is 4.78. The summed E-state index contributed by atoms with van der Waals surface area (Å²) in [5.74, 6) is -0.263. The van der Waals surface area contributed by atoms with Gasteiger partial charge in [-0.2, -0.15) is 0 Å². The van der Waals surface area contributed by atoms with Crippen molar-refractivity contribution < 1.29 is 19.4 Å². The van der Waals surface area contributed by atoms with E-state index in [2.05, 4.69) is 4.99 Å².